The predicted octanol–water partition coefficient (Wildman–Crippen LogP) is 3.85. The van der Waals surface area contributed by atoms with Crippen molar-refractivity contribution >= 4 is 23.9 Å². The largest absolute Gasteiger partial charge is 0.459 e. The minimum atomic E-state index is -2.11. The molecule has 0 unspecified atom stereocenters. The highest BCUT2D eigenvalue weighted by molar-refractivity contribution is 5.88. The van der Waals surface area contributed by atoms with Gasteiger partial charge in [0, 0.05) is 25.3 Å². The van der Waals surface area contributed by atoms with Gasteiger partial charge in [0.05, 0.1) is 17.4 Å². The van der Waals surface area contributed by atoms with Crippen LogP contribution < -0.4 is 0 Å². The van der Waals surface area contributed by atoms with Gasteiger partial charge in [-0.3, -0.25) is 14.4 Å². The van der Waals surface area contributed by atoms with Gasteiger partial charge in [-0.1, -0.05) is 38.7 Å². The van der Waals surface area contributed by atoms with Crippen molar-refractivity contribution in [3.8, 4) is 0 Å². The molecule has 230 valence electrons. The lowest BCUT2D eigenvalue weighted by atomic mass is 9.69. The first-order valence-corrected chi connectivity index (χ1v) is 14.6. The number of aliphatic hydroxyl groups excluding tert-OH is 1. The number of unbranched alkanes of at least 4 members (excludes halogenated alkanes) is 4. The van der Waals surface area contributed by atoms with Crippen LogP contribution >= 0.6 is 0 Å². The van der Waals surface area contributed by atoms with Gasteiger partial charge in [-0.15, -0.1) is 0 Å². The van der Waals surface area contributed by atoms with Gasteiger partial charge in [0.25, 0.3) is 0 Å². The molecule has 0 bridgehead atoms. The highest BCUT2D eigenvalue weighted by Gasteiger charge is 2.73. The van der Waals surface area contributed by atoms with Crippen molar-refractivity contribution in [2.24, 2.45) is 11.3 Å². The number of rotatable bonds is 10. The molecule has 2 N–H and O–H groups in total. The Bertz CT molecular complexity index is 1120. The van der Waals surface area contributed by atoms with E-state index in [1.165, 1.54) is 20.8 Å². The van der Waals surface area contributed by atoms with Gasteiger partial charge in [0.2, 0.25) is 0 Å². The predicted molar refractivity (Wildman–Crippen MR) is 148 cm³/mol. The van der Waals surface area contributed by atoms with Crippen LogP contribution in [0.4, 0.5) is 0 Å². The molecule has 3 rings (SSSR count). The van der Waals surface area contributed by atoms with E-state index in [4.69, 9.17) is 18.9 Å². The van der Waals surface area contributed by atoms with E-state index >= 15 is 0 Å². The Balaban J connectivity index is 2.15. The summed E-state index contributed by atoms with van der Waals surface area (Å²) in [6.45, 7) is 12.8. The quantitative estimate of drug-likeness (QED) is 0.129. The summed E-state index contributed by atoms with van der Waals surface area (Å²) < 4.78 is 23.5. The van der Waals surface area contributed by atoms with Crippen molar-refractivity contribution < 1.29 is 48.3 Å². The van der Waals surface area contributed by atoms with Gasteiger partial charge < -0.3 is 29.2 Å². The van der Waals surface area contributed by atoms with Crippen LogP contribution in [0.15, 0.2) is 22.8 Å². The summed E-state index contributed by atoms with van der Waals surface area (Å²) >= 11 is 0. The zero-order chi connectivity index (χ0) is 30.9. The zero-order valence-corrected chi connectivity index (χ0v) is 25.6. The summed E-state index contributed by atoms with van der Waals surface area (Å²) in [6.07, 6.45) is 0.853. The van der Waals surface area contributed by atoms with Crippen molar-refractivity contribution in [3.05, 3.63) is 22.8 Å². The van der Waals surface area contributed by atoms with Gasteiger partial charge in [-0.05, 0) is 59.1 Å². The third-order valence-electron chi connectivity index (χ3n) is 9.15. The SMILES string of the molecule is C/C=C(/C)C(=O)O[C@H]1C(C)=C2[C@H]([C@@H]1OC(=O)CCCCCCC)[C@@](C)(OC(C)=O)C[C@H](O)[C@@]1(O)[C@H]2OC(=O)C1(C)C. The number of hydrogen-bond donors (Lipinski definition) is 2. The molecule has 0 spiro atoms. The second-order valence-corrected chi connectivity index (χ2v) is 12.4. The summed E-state index contributed by atoms with van der Waals surface area (Å²) in [7, 11) is 0. The third kappa shape index (κ3) is 5.82. The first kappa shape index (κ1) is 32.8. The summed E-state index contributed by atoms with van der Waals surface area (Å²) in [5.74, 6) is -3.51. The summed E-state index contributed by atoms with van der Waals surface area (Å²) in [4.78, 5) is 51.6. The Morgan fingerprint density at radius 3 is 2.29 bits per heavy atom. The number of fused-ring (bicyclic) bond motifs is 3. The Labute approximate surface area is 242 Å². The normalized spacial score (nSPS) is 34.3. The molecule has 3 aliphatic rings. The first-order chi connectivity index (χ1) is 19.1. The van der Waals surface area contributed by atoms with Crippen LogP contribution in [0.25, 0.3) is 0 Å². The Hall–Kier alpha value is -2.72. The molecule has 0 aromatic carbocycles. The Morgan fingerprint density at radius 1 is 1.07 bits per heavy atom. The van der Waals surface area contributed by atoms with Gasteiger partial charge in [-0.2, -0.15) is 0 Å². The summed E-state index contributed by atoms with van der Waals surface area (Å²) in [5, 5.41) is 23.5. The molecule has 0 aromatic heterocycles. The molecule has 41 heavy (non-hydrogen) atoms. The van der Waals surface area contributed by atoms with E-state index in [1.807, 2.05) is 0 Å². The average Bonchev–Trinajstić information content (AvgIpc) is 3.22. The first-order valence-electron chi connectivity index (χ1n) is 14.6. The minimum absolute atomic E-state index is 0.137. The molecule has 1 heterocycles. The standard InChI is InChI=1S/C31H46O10/c1-9-11-12-13-14-15-21(34)38-25-23-22(18(4)24(25)39-27(35)17(3)10-2)26-31(37,29(6,7)28(36)40-26)20(33)16-30(23,8)41-19(5)32/h10,20,23-26,33,37H,9,11-16H2,1-8H3/b17-10-/t20-,23+,24-,25-,26-,30-,31+/m0/s1. The number of hydrogen-bond acceptors (Lipinski definition) is 10. The summed E-state index contributed by atoms with van der Waals surface area (Å²) in [5.41, 5.74) is -4.12. The average molecular weight is 579 g/mol. The molecule has 10 heteroatoms. The van der Waals surface area contributed by atoms with Crippen molar-refractivity contribution in [2.45, 2.75) is 136 Å². The van der Waals surface area contributed by atoms with Crippen LogP contribution in [0.3, 0.4) is 0 Å². The molecular formula is C31H46O10. The lowest BCUT2D eigenvalue weighted by Crippen LogP contribution is -2.58. The molecule has 1 aliphatic heterocycles. The lowest BCUT2D eigenvalue weighted by molar-refractivity contribution is -0.188. The molecule has 0 aromatic rings. The van der Waals surface area contributed by atoms with Crippen molar-refractivity contribution in [1.82, 2.24) is 0 Å². The number of carbonyl (C=O) groups is 4. The molecule has 2 aliphatic carbocycles. The maximum absolute atomic E-state index is 13.2. The van der Waals surface area contributed by atoms with E-state index in [9.17, 15) is 29.4 Å². The van der Waals surface area contributed by atoms with Crippen molar-refractivity contribution in [2.75, 3.05) is 0 Å². The fourth-order valence-electron chi connectivity index (χ4n) is 6.58. The van der Waals surface area contributed by atoms with Crippen LogP contribution in [0.1, 0.15) is 100 Å². The van der Waals surface area contributed by atoms with Gasteiger partial charge >= 0.3 is 23.9 Å². The number of aliphatic hydroxyl groups is 2. The van der Waals surface area contributed by atoms with E-state index in [0.29, 0.717) is 23.1 Å². The van der Waals surface area contributed by atoms with Crippen LogP contribution in [0.5, 0.6) is 0 Å². The highest BCUT2D eigenvalue weighted by Crippen LogP contribution is 2.58. The number of ether oxygens (including phenoxy) is 4. The van der Waals surface area contributed by atoms with Crippen LogP contribution in [0.2, 0.25) is 0 Å². The van der Waals surface area contributed by atoms with E-state index in [1.54, 1.807) is 33.8 Å². The van der Waals surface area contributed by atoms with Gasteiger partial charge in [0.15, 0.2) is 18.3 Å². The fourth-order valence-corrected chi connectivity index (χ4v) is 6.58. The number of esters is 4. The topological polar surface area (TPSA) is 146 Å². The molecule has 1 saturated heterocycles. The van der Waals surface area contributed by atoms with Crippen molar-refractivity contribution in [3.63, 3.8) is 0 Å². The van der Waals surface area contributed by atoms with Crippen LogP contribution in [0, 0.1) is 11.3 Å². The molecule has 0 radical (unpaired) electrons. The zero-order valence-electron chi connectivity index (χ0n) is 25.6. The third-order valence-corrected chi connectivity index (χ3v) is 9.15. The number of allylic oxidation sites excluding steroid dienone is 1. The van der Waals surface area contributed by atoms with E-state index in [-0.39, 0.29) is 12.8 Å². The van der Waals surface area contributed by atoms with Crippen LogP contribution in [-0.4, -0.2) is 69.7 Å². The molecule has 7 atom stereocenters. The maximum atomic E-state index is 13.2. The molecule has 10 nitrogen and oxygen atoms in total. The van der Waals surface area contributed by atoms with Crippen molar-refractivity contribution in [1.29, 1.82) is 0 Å². The van der Waals surface area contributed by atoms with E-state index < -0.39 is 70.8 Å². The monoisotopic (exact) mass is 578 g/mol. The Morgan fingerprint density at radius 2 is 1.71 bits per heavy atom. The van der Waals surface area contributed by atoms with E-state index in [2.05, 4.69) is 6.92 Å². The maximum Gasteiger partial charge on any atom is 0.334 e. The second kappa shape index (κ2) is 12.3. The summed E-state index contributed by atoms with van der Waals surface area (Å²) in [6, 6.07) is 0. The molecule has 2 fully saturated rings. The van der Waals surface area contributed by atoms with E-state index in [0.717, 1.165) is 25.7 Å². The molecule has 1 saturated carbocycles. The van der Waals surface area contributed by atoms with Gasteiger partial charge in [-0.25, -0.2) is 4.79 Å². The molecular weight excluding hydrogens is 532 g/mol. The second-order valence-electron chi connectivity index (χ2n) is 12.4. The number of carbonyl (C=O) groups excluding carboxylic acids is 4. The molecule has 0 amide bonds. The van der Waals surface area contributed by atoms with Gasteiger partial charge in [0.1, 0.15) is 11.2 Å². The minimum Gasteiger partial charge on any atom is -0.459 e. The lowest BCUT2D eigenvalue weighted by Gasteiger charge is -2.41. The fraction of sp³-hybridized carbons (Fsp3) is 0.742. The van der Waals surface area contributed by atoms with Crippen LogP contribution in [-0.2, 0) is 38.1 Å². The Kier molecular flexibility index (Phi) is 9.80. The smallest absolute Gasteiger partial charge is 0.334 e. The highest BCUT2D eigenvalue weighted by atomic mass is 16.6.